The van der Waals surface area contributed by atoms with E-state index < -0.39 is 0 Å². The summed E-state index contributed by atoms with van der Waals surface area (Å²) in [5.74, 6) is 0. The molecule has 0 aliphatic heterocycles. The van der Waals surface area contributed by atoms with Gasteiger partial charge in [0, 0.05) is 15.5 Å². The number of nitrogens with zero attached hydrogens (tertiary/aromatic N) is 2. The highest BCUT2D eigenvalue weighted by molar-refractivity contribution is 7.99. The highest BCUT2D eigenvalue weighted by Gasteiger charge is 2.10. The SMILES string of the molecule is Clc1ccc(Sc2cc(Cl)c(-c3ccccc3)nn2)c(Cl)c1. The van der Waals surface area contributed by atoms with Crippen molar-refractivity contribution in [2.45, 2.75) is 9.92 Å². The lowest BCUT2D eigenvalue weighted by atomic mass is 10.1. The fraction of sp³-hybridized carbons (Fsp3) is 0. The number of aromatic nitrogens is 2. The molecule has 0 saturated carbocycles. The van der Waals surface area contributed by atoms with E-state index in [2.05, 4.69) is 10.2 Å². The largest absolute Gasteiger partial charge is 0.148 e. The van der Waals surface area contributed by atoms with Crippen molar-refractivity contribution in [2.24, 2.45) is 0 Å². The standard InChI is InChI=1S/C16H9Cl3N2S/c17-11-6-7-14(12(18)8-11)22-15-9-13(19)16(21-20-15)10-4-2-1-3-5-10/h1-9H. The lowest BCUT2D eigenvalue weighted by Crippen LogP contribution is -1.91. The van der Waals surface area contributed by atoms with Crippen LogP contribution in [0.15, 0.2) is 64.5 Å². The molecule has 3 rings (SSSR count). The number of benzene rings is 2. The Morgan fingerprint density at radius 2 is 1.55 bits per heavy atom. The number of rotatable bonds is 3. The molecule has 0 spiro atoms. The van der Waals surface area contributed by atoms with Crippen LogP contribution in [-0.4, -0.2) is 10.2 Å². The van der Waals surface area contributed by atoms with Crippen molar-refractivity contribution >= 4 is 46.6 Å². The van der Waals surface area contributed by atoms with E-state index >= 15 is 0 Å². The molecule has 0 amide bonds. The fourth-order valence-corrected chi connectivity index (χ4v) is 3.48. The molecule has 3 aromatic rings. The molecule has 0 aliphatic carbocycles. The zero-order valence-corrected chi connectivity index (χ0v) is 14.2. The molecule has 110 valence electrons. The minimum atomic E-state index is 0.550. The Balaban J connectivity index is 1.89. The van der Waals surface area contributed by atoms with E-state index in [-0.39, 0.29) is 0 Å². The second-order valence-corrected chi connectivity index (χ2v) is 6.74. The van der Waals surface area contributed by atoms with E-state index in [1.54, 1.807) is 18.2 Å². The summed E-state index contributed by atoms with van der Waals surface area (Å²) in [6.07, 6.45) is 0. The second-order valence-electron chi connectivity index (χ2n) is 4.42. The van der Waals surface area contributed by atoms with Crippen molar-refractivity contribution in [2.75, 3.05) is 0 Å². The highest BCUT2D eigenvalue weighted by atomic mass is 35.5. The van der Waals surface area contributed by atoms with Gasteiger partial charge in [-0.05, 0) is 24.3 Å². The monoisotopic (exact) mass is 366 g/mol. The molecule has 22 heavy (non-hydrogen) atoms. The first kappa shape index (κ1) is 15.6. The van der Waals surface area contributed by atoms with E-state index in [1.165, 1.54) is 11.8 Å². The van der Waals surface area contributed by atoms with Crippen LogP contribution in [0.5, 0.6) is 0 Å². The van der Waals surface area contributed by atoms with Crippen LogP contribution in [0.2, 0.25) is 15.1 Å². The third kappa shape index (κ3) is 3.55. The van der Waals surface area contributed by atoms with Crippen LogP contribution >= 0.6 is 46.6 Å². The molecular formula is C16H9Cl3N2S. The van der Waals surface area contributed by atoms with Gasteiger partial charge in [-0.1, -0.05) is 76.9 Å². The first-order valence-corrected chi connectivity index (χ1v) is 8.30. The molecular weight excluding hydrogens is 359 g/mol. The van der Waals surface area contributed by atoms with E-state index in [0.717, 1.165) is 10.5 Å². The summed E-state index contributed by atoms with van der Waals surface area (Å²) in [4.78, 5) is 0.851. The van der Waals surface area contributed by atoms with Gasteiger partial charge in [0.2, 0.25) is 0 Å². The number of hydrogen-bond acceptors (Lipinski definition) is 3. The maximum atomic E-state index is 6.33. The minimum absolute atomic E-state index is 0.550. The summed E-state index contributed by atoms with van der Waals surface area (Å²) < 4.78 is 0. The van der Waals surface area contributed by atoms with Crippen LogP contribution in [0.25, 0.3) is 11.3 Å². The average molecular weight is 368 g/mol. The van der Waals surface area contributed by atoms with Gasteiger partial charge < -0.3 is 0 Å². The Hall–Kier alpha value is -1.26. The van der Waals surface area contributed by atoms with Crippen molar-refractivity contribution in [3.8, 4) is 11.3 Å². The van der Waals surface area contributed by atoms with Crippen molar-refractivity contribution < 1.29 is 0 Å². The van der Waals surface area contributed by atoms with Gasteiger partial charge in [-0.15, -0.1) is 10.2 Å². The molecule has 0 saturated heterocycles. The van der Waals surface area contributed by atoms with Crippen LogP contribution < -0.4 is 0 Å². The molecule has 2 nitrogen and oxygen atoms in total. The van der Waals surface area contributed by atoms with Crippen molar-refractivity contribution in [3.63, 3.8) is 0 Å². The smallest absolute Gasteiger partial charge is 0.125 e. The quantitative estimate of drug-likeness (QED) is 0.546. The van der Waals surface area contributed by atoms with Crippen LogP contribution in [0, 0.1) is 0 Å². The first-order valence-electron chi connectivity index (χ1n) is 6.35. The summed E-state index contributed by atoms with van der Waals surface area (Å²) in [6, 6.07) is 16.8. The van der Waals surface area contributed by atoms with E-state index in [4.69, 9.17) is 34.8 Å². The van der Waals surface area contributed by atoms with Crippen molar-refractivity contribution in [3.05, 3.63) is 69.7 Å². The molecule has 0 aliphatic rings. The first-order chi connectivity index (χ1) is 10.6. The summed E-state index contributed by atoms with van der Waals surface area (Å²) in [6.45, 7) is 0. The van der Waals surface area contributed by atoms with E-state index in [0.29, 0.717) is 25.8 Å². The zero-order valence-electron chi connectivity index (χ0n) is 11.1. The number of hydrogen-bond donors (Lipinski definition) is 0. The lowest BCUT2D eigenvalue weighted by Gasteiger charge is -2.06. The maximum absolute atomic E-state index is 6.33. The zero-order chi connectivity index (χ0) is 15.5. The maximum Gasteiger partial charge on any atom is 0.125 e. The molecule has 0 atom stereocenters. The molecule has 2 aromatic carbocycles. The van der Waals surface area contributed by atoms with Gasteiger partial charge in [-0.2, -0.15) is 0 Å². The Kier molecular flexibility index (Phi) is 4.89. The number of halogens is 3. The minimum Gasteiger partial charge on any atom is -0.148 e. The third-order valence-corrected chi connectivity index (χ3v) is 4.81. The third-order valence-electron chi connectivity index (χ3n) is 2.88. The molecule has 0 fully saturated rings. The van der Waals surface area contributed by atoms with E-state index in [9.17, 15) is 0 Å². The van der Waals surface area contributed by atoms with Gasteiger partial charge in [-0.25, -0.2) is 0 Å². The topological polar surface area (TPSA) is 25.8 Å². The average Bonchev–Trinajstić information content (AvgIpc) is 2.51. The van der Waals surface area contributed by atoms with Crippen LogP contribution in [0.1, 0.15) is 0 Å². The van der Waals surface area contributed by atoms with E-state index in [1.807, 2.05) is 36.4 Å². The molecule has 0 bridgehead atoms. The Bertz CT molecular complexity index is 810. The second kappa shape index (κ2) is 6.88. The molecule has 6 heteroatoms. The Labute approximate surface area is 147 Å². The van der Waals surface area contributed by atoms with Crippen molar-refractivity contribution in [1.29, 1.82) is 0 Å². The molecule has 0 unspecified atom stereocenters. The van der Waals surface area contributed by atoms with Crippen LogP contribution in [-0.2, 0) is 0 Å². The highest BCUT2D eigenvalue weighted by Crippen LogP contribution is 2.35. The molecule has 0 radical (unpaired) electrons. The molecule has 1 heterocycles. The van der Waals surface area contributed by atoms with Gasteiger partial charge >= 0.3 is 0 Å². The van der Waals surface area contributed by atoms with Gasteiger partial charge in [0.25, 0.3) is 0 Å². The lowest BCUT2D eigenvalue weighted by molar-refractivity contribution is 0.936. The molecule has 1 aromatic heterocycles. The normalized spacial score (nSPS) is 10.7. The predicted molar refractivity (Wildman–Crippen MR) is 93.1 cm³/mol. The fourth-order valence-electron chi connectivity index (χ4n) is 1.86. The van der Waals surface area contributed by atoms with Crippen LogP contribution in [0.4, 0.5) is 0 Å². The summed E-state index contributed by atoms with van der Waals surface area (Å²) >= 11 is 19.8. The Morgan fingerprint density at radius 1 is 0.773 bits per heavy atom. The predicted octanol–water partition coefficient (Wildman–Crippen LogP) is 6.26. The summed E-state index contributed by atoms with van der Waals surface area (Å²) in [7, 11) is 0. The summed E-state index contributed by atoms with van der Waals surface area (Å²) in [5.41, 5.74) is 1.59. The van der Waals surface area contributed by atoms with Gasteiger partial charge in [0.15, 0.2) is 0 Å². The van der Waals surface area contributed by atoms with Gasteiger partial charge in [0.05, 0.1) is 10.0 Å². The van der Waals surface area contributed by atoms with Gasteiger partial charge in [-0.3, -0.25) is 0 Å². The van der Waals surface area contributed by atoms with Crippen molar-refractivity contribution in [1.82, 2.24) is 10.2 Å². The molecule has 0 N–H and O–H groups in total. The van der Waals surface area contributed by atoms with Gasteiger partial charge in [0.1, 0.15) is 10.7 Å². The summed E-state index contributed by atoms with van der Waals surface area (Å²) in [5, 5.41) is 10.8. The van der Waals surface area contributed by atoms with Crippen LogP contribution in [0.3, 0.4) is 0 Å². The Morgan fingerprint density at radius 3 is 2.23 bits per heavy atom.